The molecule has 2 aliphatic heterocycles. The van der Waals surface area contributed by atoms with Gasteiger partial charge in [-0.25, -0.2) is 22.9 Å². The number of ether oxygens (including phenoxy) is 2. The van der Waals surface area contributed by atoms with E-state index in [4.69, 9.17) is 14.5 Å². The molecule has 3 fully saturated rings. The van der Waals surface area contributed by atoms with Gasteiger partial charge in [-0.15, -0.1) is 6.58 Å². The Morgan fingerprint density at radius 1 is 0.953 bits per heavy atom. The average molecular weight is 893 g/mol. The van der Waals surface area contributed by atoms with Gasteiger partial charge >= 0.3 is 6.09 Å². The van der Waals surface area contributed by atoms with Gasteiger partial charge in [-0.05, 0) is 70.4 Å². The number of hydrogen-bond donors (Lipinski definition) is 3. The Kier molecular flexibility index (Phi) is 12.3. The van der Waals surface area contributed by atoms with Crippen molar-refractivity contribution in [3.63, 3.8) is 0 Å². The third-order valence-corrected chi connectivity index (χ3v) is 13.6. The highest BCUT2D eigenvalue weighted by Gasteiger charge is 2.62. The molecule has 2 saturated heterocycles. The van der Waals surface area contributed by atoms with Gasteiger partial charge in [0.15, 0.2) is 0 Å². The van der Waals surface area contributed by atoms with E-state index in [1.165, 1.54) is 40.1 Å². The molecule has 0 unspecified atom stereocenters. The molecular formula is C47H52N6O10S. The van der Waals surface area contributed by atoms with Crippen LogP contribution in [0.15, 0.2) is 115 Å². The van der Waals surface area contributed by atoms with Crippen LogP contribution in [0.25, 0.3) is 22.2 Å². The maximum Gasteiger partial charge on any atom is 0.408 e. The predicted molar refractivity (Wildman–Crippen MR) is 238 cm³/mol. The number of amides is 5. The number of likely N-dealkylation sites (tertiary alicyclic amines) is 2. The molecule has 4 aromatic rings. The molecule has 336 valence electrons. The molecule has 1 aromatic heterocycles. The number of nitrogens with zero attached hydrogens (tertiary/aromatic N) is 4. The van der Waals surface area contributed by atoms with Crippen LogP contribution in [0.2, 0.25) is 0 Å². The number of sulfonamides is 1. The van der Waals surface area contributed by atoms with Crippen molar-refractivity contribution in [1.82, 2.24) is 29.7 Å². The molecule has 5 amide bonds. The van der Waals surface area contributed by atoms with E-state index in [-0.39, 0.29) is 56.1 Å². The van der Waals surface area contributed by atoms with Crippen LogP contribution in [0.5, 0.6) is 11.5 Å². The summed E-state index contributed by atoms with van der Waals surface area (Å²) in [5.74, 6) is -2.51. The Hall–Kier alpha value is -6.75. The molecule has 3 N–H and O–H groups in total. The molecule has 0 radical (unpaired) electrons. The molecule has 0 spiro atoms. The Bertz CT molecular complexity index is 2610. The van der Waals surface area contributed by atoms with Crippen LogP contribution in [0.3, 0.4) is 0 Å². The van der Waals surface area contributed by atoms with Crippen molar-refractivity contribution in [2.75, 3.05) is 26.7 Å². The Morgan fingerprint density at radius 3 is 2.19 bits per heavy atom. The first-order valence-electron chi connectivity index (χ1n) is 20.9. The molecular weight excluding hydrogens is 841 g/mol. The van der Waals surface area contributed by atoms with Gasteiger partial charge in [0.25, 0.3) is 15.9 Å². The van der Waals surface area contributed by atoms with Crippen LogP contribution < -0.4 is 19.5 Å². The van der Waals surface area contributed by atoms with Gasteiger partial charge in [0, 0.05) is 54.0 Å². The summed E-state index contributed by atoms with van der Waals surface area (Å²) < 4.78 is 41.0. The minimum Gasteiger partial charge on any atom is -0.497 e. The molecule has 7 rings (SSSR count). The number of nitrogens with one attached hydrogen (secondary N) is 2. The van der Waals surface area contributed by atoms with E-state index in [1.54, 1.807) is 58.2 Å². The van der Waals surface area contributed by atoms with Crippen LogP contribution in [0.4, 0.5) is 4.79 Å². The number of rotatable bonds is 13. The van der Waals surface area contributed by atoms with E-state index in [0.29, 0.717) is 28.1 Å². The summed E-state index contributed by atoms with van der Waals surface area (Å²) in [5, 5.41) is 14.2. The number of methoxy groups -OCH3 is 1. The molecule has 3 aliphatic rings. The number of carbonyl (C=O) groups is 5. The Morgan fingerprint density at radius 2 is 1.61 bits per heavy atom. The second-order valence-electron chi connectivity index (χ2n) is 17.3. The smallest absolute Gasteiger partial charge is 0.408 e. The lowest BCUT2D eigenvalue weighted by Crippen LogP contribution is -2.70. The Labute approximate surface area is 372 Å². The quantitative estimate of drug-likeness (QED) is 0.118. The maximum absolute atomic E-state index is 15.5. The molecule has 1 saturated carbocycles. The van der Waals surface area contributed by atoms with E-state index in [9.17, 15) is 32.7 Å². The summed E-state index contributed by atoms with van der Waals surface area (Å²) in [6, 6.07) is 22.5. The summed E-state index contributed by atoms with van der Waals surface area (Å²) >= 11 is 0. The monoisotopic (exact) mass is 892 g/mol. The number of carbonyl (C=O) groups excluding carboxylic acids is 4. The third-order valence-electron chi connectivity index (χ3n) is 12.3. The van der Waals surface area contributed by atoms with E-state index >= 15 is 4.79 Å². The molecule has 1 aliphatic carbocycles. The van der Waals surface area contributed by atoms with Crippen molar-refractivity contribution < 1.29 is 47.0 Å². The largest absolute Gasteiger partial charge is 0.497 e. The van der Waals surface area contributed by atoms with E-state index in [2.05, 4.69) is 23.2 Å². The topological polar surface area (TPSA) is 205 Å². The van der Waals surface area contributed by atoms with Gasteiger partial charge in [0.2, 0.25) is 17.7 Å². The fourth-order valence-electron chi connectivity index (χ4n) is 9.04. The van der Waals surface area contributed by atoms with Crippen molar-refractivity contribution in [1.29, 1.82) is 0 Å². The molecule has 64 heavy (non-hydrogen) atoms. The highest BCUT2D eigenvalue weighted by atomic mass is 32.2. The molecule has 17 heteroatoms. The van der Waals surface area contributed by atoms with Gasteiger partial charge < -0.3 is 29.7 Å². The summed E-state index contributed by atoms with van der Waals surface area (Å²) in [6.07, 6.45) is 0.124. The molecule has 0 bridgehead atoms. The number of benzene rings is 3. The number of hydrogen-bond acceptors (Lipinski definition) is 10. The van der Waals surface area contributed by atoms with Gasteiger partial charge in [0.1, 0.15) is 34.7 Å². The number of fused-ring (bicyclic) bond motifs is 1. The zero-order chi connectivity index (χ0) is 46.2. The van der Waals surface area contributed by atoms with Crippen LogP contribution in [0, 0.1) is 5.92 Å². The van der Waals surface area contributed by atoms with E-state index in [1.807, 2.05) is 30.3 Å². The van der Waals surface area contributed by atoms with Crippen molar-refractivity contribution in [2.45, 2.75) is 80.1 Å². The average Bonchev–Trinajstić information content (AvgIpc) is 3.84. The number of piperidine rings is 1. The van der Waals surface area contributed by atoms with Gasteiger partial charge in [-0.2, -0.15) is 0 Å². The zero-order valence-corrected chi connectivity index (χ0v) is 37.0. The van der Waals surface area contributed by atoms with Crippen LogP contribution in [-0.4, -0.2) is 118 Å². The minimum absolute atomic E-state index is 0.0238. The lowest BCUT2D eigenvalue weighted by atomic mass is 9.81. The first kappa shape index (κ1) is 45.3. The van der Waals surface area contributed by atoms with Crippen molar-refractivity contribution in [3.05, 3.63) is 110 Å². The van der Waals surface area contributed by atoms with E-state index in [0.717, 1.165) is 16.5 Å². The number of carboxylic acid groups (broad SMARTS) is 1. The zero-order valence-electron chi connectivity index (χ0n) is 36.2. The summed E-state index contributed by atoms with van der Waals surface area (Å²) in [5.41, 5.74) is -2.66. The summed E-state index contributed by atoms with van der Waals surface area (Å²) in [4.78, 5) is 79.0. The molecule has 16 nitrogen and oxygen atoms in total. The van der Waals surface area contributed by atoms with Gasteiger partial charge in [-0.3, -0.25) is 24.1 Å². The standard InChI is InChI=1S/C47H52N6O10S/c1-7-31-28-47(31,42(56)50-64(60,61)34-17-13-10-14-18-34)49-41(55)38-26-33(63-39-27-36(30-15-11-9-12-16-30)48-37-25-32(62-6)19-20-35(37)39)29-52(38)43(57)46(53(44(58)59)45(3,4)5)21-23-51(24-22-46)40(54)8-2/h7-20,25,27,31,33,38H,1-2,21-24,26,28-29H2,3-6H3,(H,49,55)(H,50,56)(H,58,59)/t31-,33-,38+,47-/m1/s1. The first-order valence-corrected chi connectivity index (χ1v) is 22.4. The number of pyridine rings is 1. The Balaban J connectivity index is 1.28. The fraction of sp³-hybridized carbons (Fsp3) is 0.362. The fourth-order valence-corrected chi connectivity index (χ4v) is 10.1. The normalized spacial score (nSPS) is 21.6. The highest BCUT2D eigenvalue weighted by molar-refractivity contribution is 7.90. The third kappa shape index (κ3) is 8.63. The molecule has 3 heterocycles. The van der Waals surface area contributed by atoms with Crippen LogP contribution >= 0.6 is 0 Å². The molecule has 4 atom stereocenters. The van der Waals surface area contributed by atoms with Crippen LogP contribution in [0.1, 0.15) is 46.5 Å². The number of aromatic nitrogens is 1. The van der Waals surface area contributed by atoms with Crippen LogP contribution in [-0.2, 0) is 29.2 Å². The van der Waals surface area contributed by atoms with Crippen molar-refractivity contribution in [2.24, 2.45) is 5.92 Å². The van der Waals surface area contributed by atoms with Gasteiger partial charge in [0.05, 0.1) is 29.8 Å². The highest BCUT2D eigenvalue weighted by Crippen LogP contribution is 2.46. The predicted octanol–water partition coefficient (Wildman–Crippen LogP) is 5.15. The van der Waals surface area contributed by atoms with Gasteiger partial charge in [-0.1, -0.05) is 61.2 Å². The molecule has 3 aromatic carbocycles. The lowest BCUT2D eigenvalue weighted by Gasteiger charge is -2.52. The summed E-state index contributed by atoms with van der Waals surface area (Å²) in [7, 11) is -2.80. The summed E-state index contributed by atoms with van der Waals surface area (Å²) in [6.45, 7) is 12.3. The van der Waals surface area contributed by atoms with E-state index < -0.39 is 68.5 Å². The van der Waals surface area contributed by atoms with Crippen molar-refractivity contribution in [3.8, 4) is 22.8 Å². The second kappa shape index (κ2) is 17.4. The SMILES string of the molecule is C=CC(=O)N1CCC(C(=O)N2C[C@H](Oc3cc(-c4ccccc4)nc4cc(OC)ccc34)C[C@H]2C(=O)N[C@]2(C(=O)NS(=O)(=O)c3ccccc3)C[C@H]2C=C)(N(C(=O)O)C(C)(C)C)CC1. The first-order chi connectivity index (χ1) is 30.4. The van der Waals surface area contributed by atoms with Crippen molar-refractivity contribution >= 4 is 50.6 Å². The maximum atomic E-state index is 15.5. The minimum atomic E-state index is -4.35. The second-order valence-corrected chi connectivity index (χ2v) is 19.0. The lowest BCUT2D eigenvalue weighted by molar-refractivity contribution is -0.156.